The lowest BCUT2D eigenvalue weighted by Gasteiger charge is -2.21. The minimum atomic E-state index is 0.0518. The van der Waals surface area contributed by atoms with Gasteiger partial charge < -0.3 is 10.6 Å². The molecule has 0 aliphatic carbocycles. The summed E-state index contributed by atoms with van der Waals surface area (Å²) in [6, 6.07) is 13.5. The van der Waals surface area contributed by atoms with Crippen LogP contribution in [0.2, 0.25) is 0 Å². The van der Waals surface area contributed by atoms with Gasteiger partial charge in [-0.05, 0) is 70.8 Å². The second-order valence-corrected chi connectivity index (χ2v) is 7.20. The maximum absolute atomic E-state index is 12.5. The van der Waals surface area contributed by atoms with Crippen molar-refractivity contribution in [1.82, 2.24) is 10.6 Å². The molecule has 0 unspecified atom stereocenters. The third-order valence-corrected chi connectivity index (χ3v) is 5.65. The molecule has 2 fully saturated rings. The third kappa shape index (κ3) is 2.44. The van der Waals surface area contributed by atoms with E-state index in [-0.39, 0.29) is 5.91 Å². The standard InChI is InChI=1S/C17H17IN2O/c18-14-3-1-2-10-4-5-11(8-13(10)14)17(21)20-16-9-12-6-7-15(16)19-12/h1-5,8,12,15-16,19H,6-7,9H2,(H,20,21)/t12-,15+,16-/m1/s1. The molecule has 1 amide bonds. The molecule has 2 aliphatic rings. The summed E-state index contributed by atoms with van der Waals surface area (Å²) in [7, 11) is 0. The molecule has 3 nitrogen and oxygen atoms in total. The monoisotopic (exact) mass is 392 g/mol. The minimum absolute atomic E-state index is 0.0518. The molecule has 2 aliphatic heterocycles. The molecular weight excluding hydrogens is 375 g/mol. The zero-order valence-electron chi connectivity index (χ0n) is 11.6. The van der Waals surface area contributed by atoms with Crippen LogP contribution in [-0.2, 0) is 0 Å². The Morgan fingerprint density at radius 1 is 1.24 bits per heavy atom. The summed E-state index contributed by atoms with van der Waals surface area (Å²) >= 11 is 2.32. The smallest absolute Gasteiger partial charge is 0.251 e. The van der Waals surface area contributed by atoms with Gasteiger partial charge in [0.15, 0.2) is 0 Å². The Hall–Kier alpha value is -1.14. The summed E-state index contributed by atoms with van der Waals surface area (Å²) in [6.07, 6.45) is 3.51. The molecule has 21 heavy (non-hydrogen) atoms. The molecule has 0 radical (unpaired) electrons. The van der Waals surface area contributed by atoms with E-state index < -0.39 is 0 Å². The van der Waals surface area contributed by atoms with Crippen molar-refractivity contribution in [3.05, 3.63) is 45.5 Å². The molecule has 2 saturated heterocycles. The van der Waals surface area contributed by atoms with E-state index in [0.29, 0.717) is 18.1 Å². The molecule has 4 heteroatoms. The number of carbonyl (C=O) groups is 1. The van der Waals surface area contributed by atoms with Gasteiger partial charge in [0.05, 0.1) is 0 Å². The van der Waals surface area contributed by atoms with E-state index in [2.05, 4.69) is 45.4 Å². The highest BCUT2D eigenvalue weighted by Crippen LogP contribution is 2.28. The maximum atomic E-state index is 12.5. The van der Waals surface area contributed by atoms with E-state index in [1.54, 1.807) is 0 Å². The van der Waals surface area contributed by atoms with Crippen molar-refractivity contribution < 1.29 is 4.79 Å². The van der Waals surface area contributed by atoms with Crippen LogP contribution >= 0.6 is 22.6 Å². The second kappa shape index (κ2) is 5.25. The topological polar surface area (TPSA) is 41.1 Å². The molecule has 0 aromatic heterocycles. The van der Waals surface area contributed by atoms with Crippen LogP contribution in [0, 0.1) is 3.57 Å². The van der Waals surface area contributed by atoms with Gasteiger partial charge in [-0.1, -0.05) is 18.2 Å². The SMILES string of the molecule is O=C(N[C@@H]1C[C@H]2CC[C@@H]1N2)c1ccc2cccc(I)c2c1. The van der Waals surface area contributed by atoms with Gasteiger partial charge in [0, 0.05) is 27.3 Å². The van der Waals surface area contributed by atoms with E-state index >= 15 is 0 Å². The summed E-state index contributed by atoms with van der Waals surface area (Å²) in [5.41, 5.74) is 0.759. The van der Waals surface area contributed by atoms with Gasteiger partial charge in [-0.3, -0.25) is 4.79 Å². The highest BCUT2D eigenvalue weighted by atomic mass is 127. The lowest BCUT2D eigenvalue weighted by molar-refractivity contribution is 0.0931. The van der Waals surface area contributed by atoms with Crippen LogP contribution < -0.4 is 10.6 Å². The number of carbonyl (C=O) groups excluding carboxylic acids is 1. The van der Waals surface area contributed by atoms with Gasteiger partial charge in [0.1, 0.15) is 0 Å². The Morgan fingerprint density at radius 3 is 2.90 bits per heavy atom. The van der Waals surface area contributed by atoms with Crippen LogP contribution in [0.1, 0.15) is 29.6 Å². The van der Waals surface area contributed by atoms with Gasteiger partial charge in [-0.15, -0.1) is 0 Å². The number of halogens is 1. The van der Waals surface area contributed by atoms with E-state index in [1.165, 1.54) is 21.8 Å². The maximum Gasteiger partial charge on any atom is 0.251 e. The summed E-state index contributed by atoms with van der Waals surface area (Å²) in [4.78, 5) is 12.5. The first-order chi connectivity index (χ1) is 10.2. The first kappa shape index (κ1) is 13.5. The highest BCUT2D eigenvalue weighted by Gasteiger charge is 2.39. The Kier molecular flexibility index (Phi) is 3.38. The first-order valence-corrected chi connectivity index (χ1v) is 8.54. The zero-order chi connectivity index (χ0) is 14.4. The molecule has 2 heterocycles. The minimum Gasteiger partial charge on any atom is -0.348 e. The van der Waals surface area contributed by atoms with Gasteiger partial charge in [-0.25, -0.2) is 0 Å². The van der Waals surface area contributed by atoms with Crippen LogP contribution in [0.25, 0.3) is 10.8 Å². The fourth-order valence-electron chi connectivity index (χ4n) is 3.61. The van der Waals surface area contributed by atoms with E-state index in [0.717, 1.165) is 17.4 Å². The molecule has 2 aromatic rings. The van der Waals surface area contributed by atoms with Crippen molar-refractivity contribution in [3.63, 3.8) is 0 Å². The van der Waals surface area contributed by atoms with Crippen molar-refractivity contribution >= 4 is 39.3 Å². The van der Waals surface area contributed by atoms with Gasteiger partial charge in [-0.2, -0.15) is 0 Å². The Labute approximate surface area is 137 Å². The van der Waals surface area contributed by atoms with Crippen LogP contribution in [0.15, 0.2) is 36.4 Å². The molecule has 0 saturated carbocycles. The molecule has 2 bridgehead atoms. The summed E-state index contributed by atoms with van der Waals surface area (Å²) in [6.45, 7) is 0. The Balaban J connectivity index is 1.58. The van der Waals surface area contributed by atoms with Crippen molar-refractivity contribution in [2.24, 2.45) is 0 Å². The number of fused-ring (bicyclic) bond motifs is 3. The Bertz CT molecular complexity index is 715. The van der Waals surface area contributed by atoms with Crippen molar-refractivity contribution in [3.8, 4) is 0 Å². The fraction of sp³-hybridized carbons (Fsp3) is 0.353. The molecule has 2 aromatic carbocycles. The average molecular weight is 392 g/mol. The molecule has 3 atom stereocenters. The first-order valence-electron chi connectivity index (χ1n) is 7.46. The van der Waals surface area contributed by atoms with E-state index in [4.69, 9.17) is 0 Å². The second-order valence-electron chi connectivity index (χ2n) is 6.04. The van der Waals surface area contributed by atoms with Gasteiger partial charge in [0.2, 0.25) is 0 Å². The number of amides is 1. The molecule has 0 spiro atoms. The third-order valence-electron chi connectivity index (χ3n) is 4.71. The largest absolute Gasteiger partial charge is 0.348 e. The summed E-state index contributed by atoms with van der Waals surface area (Å²) in [5.74, 6) is 0.0518. The zero-order valence-corrected chi connectivity index (χ0v) is 13.8. The molecule has 2 N–H and O–H groups in total. The molecular formula is C17H17IN2O. The quantitative estimate of drug-likeness (QED) is 0.772. The van der Waals surface area contributed by atoms with E-state index in [1.807, 2.05) is 24.3 Å². The molecule has 4 rings (SSSR count). The van der Waals surface area contributed by atoms with Crippen LogP contribution in [0.3, 0.4) is 0 Å². The number of hydrogen-bond acceptors (Lipinski definition) is 2. The van der Waals surface area contributed by atoms with Crippen molar-refractivity contribution in [2.45, 2.75) is 37.4 Å². The normalized spacial score (nSPS) is 27.2. The lowest BCUT2D eigenvalue weighted by Crippen LogP contribution is -2.42. The summed E-state index contributed by atoms with van der Waals surface area (Å²) in [5, 5.41) is 9.09. The van der Waals surface area contributed by atoms with Crippen LogP contribution in [-0.4, -0.2) is 24.0 Å². The number of hydrogen-bond donors (Lipinski definition) is 2. The summed E-state index contributed by atoms with van der Waals surface area (Å²) < 4.78 is 1.18. The van der Waals surface area contributed by atoms with Gasteiger partial charge in [0.25, 0.3) is 5.91 Å². The number of benzene rings is 2. The van der Waals surface area contributed by atoms with Crippen molar-refractivity contribution in [2.75, 3.05) is 0 Å². The Morgan fingerprint density at radius 2 is 2.14 bits per heavy atom. The lowest BCUT2D eigenvalue weighted by atomic mass is 9.95. The predicted molar refractivity (Wildman–Crippen MR) is 92.5 cm³/mol. The molecule has 108 valence electrons. The van der Waals surface area contributed by atoms with E-state index in [9.17, 15) is 4.79 Å². The van der Waals surface area contributed by atoms with Crippen LogP contribution in [0.4, 0.5) is 0 Å². The fourth-order valence-corrected chi connectivity index (χ4v) is 4.29. The number of rotatable bonds is 2. The van der Waals surface area contributed by atoms with Crippen molar-refractivity contribution in [1.29, 1.82) is 0 Å². The average Bonchev–Trinajstić information content (AvgIpc) is 3.10. The van der Waals surface area contributed by atoms with Gasteiger partial charge >= 0.3 is 0 Å². The highest BCUT2D eigenvalue weighted by molar-refractivity contribution is 14.1. The van der Waals surface area contributed by atoms with Crippen LogP contribution in [0.5, 0.6) is 0 Å². The predicted octanol–water partition coefficient (Wildman–Crippen LogP) is 3.07. The number of nitrogens with one attached hydrogen (secondary N) is 2.